The fourth-order valence-electron chi connectivity index (χ4n) is 6.36. The molecular formula is C29H23N3O5. The Morgan fingerprint density at radius 3 is 2.41 bits per heavy atom. The van der Waals surface area contributed by atoms with Gasteiger partial charge >= 0.3 is 0 Å². The van der Waals surface area contributed by atoms with Crippen LogP contribution in [-0.2, 0) is 22.5 Å². The van der Waals surface area contributed by atoms with Gasteiger partial charge in [0.15, 0.2) is 5.58 Å². The molecule has 2 atom stereocenters. The van der Waals surface area contributed by atoms with Crippen LogP contribution < -0.4 is 5.56 Å². The summed E-state index contributed by atoms with van der Waals surface area (Å²) >= 11 is 0. The van der Waals surface area contributed by atoms with Gasteiger partial charge in [0.1, 0.15) is 5.60 Å². The van der Waals surface area contributed by atoms with Crippen LogP contribution in [0.1, 0.15) is 42.9 Å². The average molecular weight is 494 g/mol. The van der Waals surface area contributed by atoms with Crippen molar-refractivity contribution in [2.75, 3.05) is 0 Å². The number of para-hydroxylation sites is 1. The van der Waals surface area contributed by atoms with Gasteiger partial charge in [0, 0.05) is 17.2 Å². The minimum Gasteiger partial charge on any atom is -0.494 e. The van der Waals surface area contributed by atoms with Gasteiger partial charge in [-0.25, -0.2) is 0 Å². The lowest BCUT2D eigenvalue weighted by molar-refractivity contribution is -0.0872. The SMILES string of the molecule is C[C@]12CC[C@](CCn3oc4ccccc4c3=O)(O1)c1c2c(O)n(-c2ccc(C#N)c3ccccc23)c1O. The number of benzene rings is 3. The van der Waals surface area contributed by atoms with Gasteiger partial charge in [-0.3, -0.25) is 9.36 Å². The molecule has 37 heavy (non-hydrogen) atoms. The molecule has 2 N–H and O–H groups in total. The molecule has 4 heterocycles. The summed E-state index contributed by atoms with van der Waals surface area (Å²) in [6.45, 7) is 2.18. The average Bonchev–Trinajstić information content (AvgIpc) is 3.59. The molecule has 5 aromatic rings. The Labute approximate surface area is 211 Å². The zero-order valence-electron chi connectivity index (χ0n) is 20.1. The lowest BCUT2D eigenvalue weighted by atomic mass is 9.78. The molecule has 2 aliphatic heterocycles. The number of aromatic hydroxyl groups is 2. The monoisotopic (exact) mass is 493 g/mol. The summed E-state index contributed by atoms with van der Waals surface area (Å²) in [6, 6.07) is 20.2. The van der Waals surface area contributed by atoms with E-state index in [1.807, 2.05) is 37.3 Å². The molecule has 1 fully saturated rings. The van der Waals surface area contributed by atoms with Crippen LogP contribution >= 0.6 is 0 Å². The number of aromatic nitrogens is 2. The summed E-state index contributed by atoms with van der Waals surface area (Å²) in [5, 5.41) is 34.6. The number of nitrogens with zero attached hydrogens (tertiary/aromatic N) is 3. The third-order valence-corrected chi connectivity index (χ3v) is 8.07. The summed E-state index contributed by atoms with van der Waals surface area (Å²) in [7, 11) is 0. The van der Waals surface area contributed by atoms with Gasteiger partial charge in [0.25, 0.3) is 5.56 Å². The summed E-state index contributed by atoms with van der Waals surface area (Å²) in [5.41, 5.74) is 0.874. The van der Waals surface area contributed by atoms with Crippen LogP contribution in [0.15, 0.2) is 70.0 Å². The lowest BCUT2D eigenvalue weighted by Gasteiger charge is -2.26. The maximum absolute atomic E-state index is 12.8. The second kappa shape index (κ2) is 7.28. The van der Waals surface area contributed by atoms with Gasteiger partial charge in [0.05, 0.1) is 46.0 Å². The molecule has 7 rings (SSSR count). The molecule has 8 nitrogen and oxygen atoms in total. The predicted molar refractivity (Wildman–Crippen MR) is 136 cm³/mol. The molecule has 2 aliphatic rings. The Hall–Kier alpha value is -4.48. The molecule has 0 spiro atoms. The van der Waals surface area contributed by atoms with E-state index in [1.54, 1.807) is 30.3 Å². The van der Waals surface area contributed by atoms with E-state index in [1.165, 1.54) is 9.31 Å². The van der Waals surface area contributed by atoms with Crippen LogP contribution in [0.2, 0.25) is 0 Å². The Morgan fingerprint density at radius 2 is 1.65 bits per heavy atom. The summed E-state index contributed by atoms with van der Waals surface area (Å²) < 4.78 is 15.1. The largest absolute Gasteiger partial charge is 0.494 e. The van der Waals surface area contributed by atoms with E-state index in [9.17, 15) is 20.3 Å². The number of aryl methyl sites for hydroxylation is 1. The molecule has 2 aromatic heterocycles. The van der Waals surface area contributed by atoms with E-state index in [-0.39, 0.29) is 23.9 Å². The molecule has 2 bridgehead atoms. The third kappa shape index (κ3) is 2.77. The van der Waals surface area contributed by atoms with Crippen molar-refractivity contribution >= 4 is 21.7 Å². The first-order valence-corrected chi connectivity index (χ1v) is 12.3. The number of fused-ring (bicyclic) bond motifs is 7. The summed E-state index contributed by atoms with van der Waals surface area (Å²) in [6.07, 6.45) is 1.69. The smallest absolute Gasteiger partial charge is 0.290 e. The van der Waals surface area contributed by atoms with Gasteiger partial charge in [-0.05, 0) is 44.0 Å². The first-order valence-electron chi connectivity index (χ1n) is 12.3. The van der Waals surface area contributed by atoms with Crippen molar-refractivity contribution in [3.63, 3.8) is 0 Å². The Kier molecular flexibility index (Phi) is 4.28. The molecule has 0 aliphatic carbocycles. The predicted octanol–water partition coefficient (Wildman–Crippen LogP) is 5.15. The maximum atomic E-state index is 12.8. The molecule has 0 unspecified atom stereocenters. The van der Waals surface area contributed by atoms with Gasteiger partial charge in [-0.15, -0.1) is 0 Å². The van der Waals surface area contributed by atoms with E-state index in [0.29, 0.717) is 52.6 Å². The lowest BCUT2D eigenvalue weighted by Crippen LogP contribution is -2.27. The summed E-state index contributed by atoms with van der Waals surface area (Å²) in [5.74, 6) is -0.171. The molecule has 184 valence electrons. The van der Waals surface area contributed by atoms with E-state index in [4.69, 9.17) is 9.26 Å². The summed E-state index contributed by atoms with van der Waals surface area (Å²) in [4.78, 5) is 12.8. The van der Waals surface area contributed by atoms with Crippen LogP contribution in [0.5, 0.6) is 11.8 Å². The van der Waals surface area contributed by atoms with E-state index >= 15 is 0 Å². The zero-order valence-corrected chi connectivity index (χ0v) is 20.1. The first kappa shape index (κ1) is 21.8. The van der Waals surface area contributed by atoms with Crippen LogP contribution in [-0.4, -0.2) is 19.5 Å². The van der Waals surface area contributed by atoms with E-state index < -0.39 is 11.2 Å². The van der Waals surface area contributed by atoms with Crippen LogP contribution in [0.25, 0.3) is 27.4 Å². The minimum atomic E-state index is -0.877. The number of nitriles is 1. The zero-order chi connectivity index (χ0) is 25.5. The quantitative estimate of drug-likeness (QED) is 0.358. The van der Waals surface area contributed by atoms with Gasteiger partial charge in [0.2, 0.25) is 11.8 Å². The molecule has 0 radical (unpaired) electrons. The number of hydrogen-bond acceptors (Lipinski definition) is 6. The van der Waals surface area contributed by atoms with Crippen molar-refractivity contribution in [3.05, 3.63) is 87.7 Å². The Morgan fingerprint density at radius 1 is 0.946 bits per heavy atom. The minimum absolute atomic E-state index is 0.0765. The molecule has 0 saturated carbocycles. The Bertz CT molecular complexity index is 1860. The first-order chi connectivity index (χ1) is 17.9. The molecular weight excluding hydrogens is 470 g/mol. The number of ether oxygens (including phenoxy) is 1. The maximum Gasteiger partial charge on any atom is 0.290 e. The topological polar surface area (TPSA) is 114 Å². The van der Waals surface area contributed by atoms with Gasteiger partial charge in [-0.1, -0.05) is 36.4 Å². The van der Waals surface area contributed by atoms with Crippen molar-refractivity contribution in [2.24, 2.45) is 0 Å². The van der Waals surface area contributed by atoms with E-state index in [2.05, 4.69) is 6.07 Å². The second-order valence-electron chi connectivity index (χ2n) is 10.1. The van der Waals surface area contributed by atoms with Gasteiger partial charge in [-0.2, -0.15) is 10.0 Å². The van der Waals surface area contributed by atoms with Crippen molar-refractivity contribution in [1.29, 1.82) is 5.26 Å². The molecule has 8 heteroatoms. The molecule has 0 amide bonds. The fraction of sp³-hybridized carbons (Fsp3) is 0.241. The van der Waals surface area contributed by atoms with Crippen molar-refractivity contribution < 1.29 is 19.5 Å². The Balaban J connectivity index is 1.36. The van der Waals surface area contributed by atoms with Crippen LogP contribution in [0.3, 0.4) is 0 Å². The van der Waals surface area contributed by atoms with Crippen molar-refractivity contribution in [2.45, 2.75) is 43.9 Å². The van der Waals surface area contributed by atoms with E-state index in [0.717, 1.165) is 10.8 Å². The highest BCUT2D eigenvalue weighted by Crippen LogP contribution is 2.65. The highest BCUT2D eigenvalue weighted by atomic mass is 16.5. The standard InChI is InChI=1S/C29H23N3O5/c1-28-12-13-29(37-28,14-15-31-25(33)20-8-4-5-9-22(20)36-31)24-23(28)26(34)32(27(24)35)21-11-10-17(16-30)18-6-2-3-7-19(18)21/h2-11,34-35H,12-15H2,1H3/t28-,29-/m1/s1. The molecule has 1 saturated heterocycles. The normalized spacial score (nSPS) is 22.1. The number of hydrogen-bond donors (Lipinski definition) is 2. The second-order valence-corrected chi connectivity index (χ2v) is 10.1. The van der Waals surface area contributed by atoms with Crippen LogP contribution in [0, 0.1) is 11.3 Å². The number of rotatable bonds is 4. The van der Waals surface area contributed by atoms with Crippen molar-refractivity contribution in [3.8, 4) is 23.5 Å². The highest BCUT2D eigenvalue weighted by Gasteiger charge is 2.61. The third-order valence-electron chi connectivity index (χ3n) is 8.07. The highest BCUT2D eigenvalue weighted by molar-refractivity contribution is 5.95. The fourth-order valence-corrected chi connectivity index (χ4v) is 6.36. The molecule has 3 aromatic carbocycles. The van der Waals surface area contributed by atoms with Gasteiger partial charge < -0.3 is 19.5 Å². The van der Waals surface area contributed by atoms with Crippen LogP contribution in [0.4, 0.5) is 0 Å². The van der Waals surface area contributed by atoms with Crippen molar-refractivity contribution in [1.82, 2.24) is 9.31 Å².